The molecule has 0 bridgehead atoms. The maximum atomic E-state index is 13.5. The molecule has 0 atom stereocenters. The number of hydrogen-bond donors (Lipinski definition) is 0. The van der Waals surface area contributed by atoms with Crippen LogP contribution in [0.1, 0.15) is 12.5 Å². The highest BCUT2D eigenvalue weighted by atomic mass is 19.1. The van der Waals surface area contributed by atoms with Crippen molar-refractivity contribution >= 4 is 0 Å². The van der Waals surface area contributed by atoms with Crippen molar-refractivity contribution < 1.29 is 4.39 Å². The maximum absolute atomic E-state index is 13.5. The number of hydrogen-bond acceptors (Lipinski definition) is 0. The van der Waals surface area contributed by atoms with Gasteiger partial charge in [-0.25, -0.2) is 4.39 Å². The molecule has 0 nitrogen and oxygen atoms in total. The Morgan fingerprint density at radius 3 is 2.00 bits per heavy atom. The Morgan fingerprint density at radius 1 is 0.714 bits per heavy atom. The van der Waals surface area contributed by atoms with Crippen molar-refractivity contribution in [1.29, 1.82) is 0 Å². The molecule has 0 saturated heterocycles. The summed E-state index contributed by atoms with van der Waals surface area (Å²) in [5.41, 5.74) is 5.58. The molecule has 3 rings (SSSR count). The fraction of sp³-hybridized carbons (Fsp3) is 0.100. The molecule has 0 amide bonds. The summed E-state index contributed by atoms with van der Waals surface area (Å²) in [6, 6.07) is 23.5. The topological polar surface area (TPSA) is 0 Å². The molecular formula is C20H17F. The number of benzene rings is 3. The lowest BCUT2D eigenvalue weighted by Gasteiger charge is -2.11. The Labute approximate surface area is 124 Å². The van der Waals surface area contributed by atoms with Gasteiger partial charge in [-0.3, -0.25) is 0 Å². The first-order valence-corrected chi connectivity index (χ1v) is 7.22. The second-order valence-electron chi connectivity index (χ2n) is 5.11. The fourth-order valence-corrected chi connectivity index (χ4v) is 2.56. The summed E-state index contributed by atoms with van der Waals surface area (Å²) in [5.74, 6) is -0.205. The van der Waals surface area contributed by atoms with Gasteiger partial charge in [0.25, 0.3) is 0 Å². The van der Waals surface area contributed by atoms with E-state index in [9.17, 15) is 4.39 Å². The molecule has 0 aliphatic heterocycles. The second kappa shape index (κ2) is 5.92. The van der Waals surface area contributed by atoms with E-state index in [1.165, 1.54) is 11.6 Å². The van der Waals surface area contributed by atoms with E-state index in [0.717, 1.165) is 28.7 Å². The van der Waals surface area contributed by atoms with E-state index >= 15 is 0 Å². The van der Waals surface area contributed by atoms with Crippen LogP contribution in [0.2, 0.25) is 0 Å². The van der Waals surface area contributed by atoms with Crippen molar-refractivity contribution in [2.45, 2.75) is 13.3 Å². The SMILES string of the molecule is CCc1ccc(-c2ccccc2-c2cccc(F)c2)cc1. The van der Waals surface area contributed by atoms with Crippen molar-refractivity contribution in [2.24, 2.45) is 0 Å². The van der Waals surface area contributed by atoms with Crippen LogP contribution in [0.25, 0.3) is 22.3 Å². The minimum absolute atomic E-state index is 0.205. The van der Waals surface area contributed by atoms with Crippen LogP contribution in [-0.4, -0.2) is 0 Å². The van der Waals surface area contributed by atoms with Gasteiger partial charge in [0.15, 0.2) is 0 Å². The summed E-state index contributed by atoms with van der Waals surface area (Å²) >= 11 is 0. The van der Waals surface area contributed by atoms with Crippen LogP contribution in [0.15, 0.2) is 72.8 Å². The van der Waals surface area contributed by atoms with E-state index in [2.05, 4.69) is 37.3 Å². The lowest BCUT2D eigenvalue weighted by atomic mass is 9.94. The van der Waals surface area contributed by atoms with Gasteiger partial charge in [-0.15, -0.1) is 0 Å². The van der Waals surface area contributed by atoms with E-state index in [1.54, 1.807) is 12.1 Å². The highest BCUT2D eigenvalue weighted by Crippen LogP contribution is 2.32. The van der Waals surface area contributed by atoms with Gasteiger partial charge in [0.2, 0.25) is 0 Å². The van der Waals surface area contributed by atoms with E-state index in [0.29, 0.717) is 0 Å². The zero-order valence-corrected chi connectivity index (χ0v) is 12.0. The van der Waals surface area contributed by atoms with E-state index < -0.39 is 0 Å². The average Bonchev–Trinajstić information content (AvgIpc) is 2.55. The molecule has 104 valence electrons. The normalized spacial score (nSPS) is 10.6. The van der Waals surface area contributed by atoms with Gasteiger partial charge < -0.3 is 0 Å². The lowest BCUT2D eigenvalue weighted by molar-refractivity contribution is 0.628. The van der Waals surface area contributed by atoms with Crippen molar-refractivity contribution in [3.8, 4) is 22.3 Å². The first-order chi connectivity index (χ1) is 10.3. The highest BCUT2D eigenvalue weighted by molar-refractivity contribution is 5.83. The first kappa shape index (κ1) is 13.6. The van der Waals surface area contributed by atoms with Crippen LogP contribution in [0.5, 0.6) is 0 Å². The summed E-state index contributed by atoms with van der Waals surface area (Å²) in [7, 11) is 0. The van der Waals surface area contributed by atoms with E-state index in [4.69, 9.17) is 0 Å². The van der Waals surface area contributed by atoms with Crippen LogP contribution >= 0.6 is 0 Å². The Balaban J connectivity index is 2.11. The van der Waals surface area contributed by atoms with Gasteiger partial charge in [-0.2, -0.15) is 0 Å². The molecule has 1 heteroatoms. The predicted octanol–water partition coefficient (Wildman–Crippen LogP) is 5.72. The molecule has 0 heterocycles. The van der Waals surface area contributed by atoms with Gasteiger partial charge in [0.05, 0.1) is 0 Å². The maximum Gasteiger partial charge on any atom is 0.123 e. The van der Waals surface area contributed by atoms with E-state index in [1.807, 2.05) is 24.3 Å². The van der Waals surface area contributed by atoms with Crippen molar-refractivity contribution in [3.05, 3.63) is 84.2 Å². The first-order valence-electron chi connectivity index (χ1n) is 7.22. The third-order valence-corrected chi connectivity index (χ3v) is 3.74. The smallest absolute Gasteiger partial charge is 0.123 e. The molecule has 0 radical (unpaired) electrons. The Kier molecular flexibility index (Phi) is 3.83. The Bertz CT molecular complexity index is 742. The molecule has 0 aliphatic rings. The van der Waals surface area contributed by atoms with Crippen LogP contribution in [-0.2, 0) is 6.42 Å². The second-order valence-corrected chi connectivity index (χ2v) is 5.11. The van der Waals surface area contributed by atoms with Gasteiger partial charge in [-0.1, -0.05) is 67.6 Å². The summed E-state index contributed by atoms with van der Waals surface area (Å²) in [5, 5.41) is 0. The van der Waals surface area contributed by atoms with Gasteiger partial charge >= 0.3 is 0 Å². The summed E-state index contributed by atoms with van der Waals surface area (Å²) in [6.45, 7) is 2.15. The molecule has 0 aliphatic carbocycles. The molecule has 21 heavy (non-hydrogen) atoms. The van der Waals surface area contributed by atoms with Crippen molar-refractivity contribution in [1.82, 2.24) is 0 Å². The standard InChI is InChI=1S/C20H17F/c1-2-15-10-12-16(13-11-15)19-8-3-4-9-20(19)17-6-5-7-18(21)14-17/h3-14H,2H2,1H3. The average molecular weight is 276 g/mol. The quantitative estimate of drug-likeness (QED) is 0.573. The third-order valence-electron chi connectivity index (χ3n) is 3.74. The zero-order chi connectivity index (χ0) is 14.7. The molecule has 0 fully saturated rings. The highest BCUT2D eigenvalue weighted by Gasteiger charge is 2.07. The molecule has 3 aromatic carbocycles. The summed E-state index contributed by atoms with van der Waals surface area (Å²) in [4.78, 5) is 0. The molecule has 0 spiro atoms. The number of rotatable bonds is 3. The van der Waals surface area contributed by atoms with Crippen LogP contribution < -0.4 is 0 Å². The minimum atomic E-state index is -0.205. The largest absolute Gasteiger partial charge is 0.207 e. The van der Waals surface area contributed by atoms with E-state index in [-0.39, 0.29) is 5.82 Å². The molecule has 0 aromatic heterocycles. The van der Waals surface area contributed by atoms with Gasteiger partial charge in [-0.05, 0) is 46.4 Å². The molecular weight excluding hydrogens is 259 g/mol. The molecule has 0 unspecified atom stereocenters. The molecule has 0 N–H and O–H groups in total. The monoisotopic (exact) mass is 276 g/mol. The van der Waals surface area contributed by atoms with Crippen molar-refractivity contribution in [2.75, 3.05) is 0 Å². The van der Waals surface area contributed by atoms with Crippen LogP contribution in [0, 0.1) is 5.82 Å². The Morgan fingerprint density at radius 2 is 1.38 bits per heavy atom. The fourth-order valence-electron chi connectivity index (χ4n) is 2.56. The third kappa shape index (κ3) is 2.87. The number of aryl methyl sites for hydroxylation is 1. The van der Waals surface area contributed by atoms with Gasteiger partial charge in [0.1, 0.15) is 5.82 Å². The summed E-state index contributed by atoms with van der Waals surface area (Å²) < 4.78 is 13.5. The molecule has 3 aromatic rings. The zero-order valence-electron chi connectivity index (χ0n) is 12.0. The predicted molar refractivity (Wildman–Crippen MR) is 86.7 cm³/mol. The van der Waals surface area contributed by atoms with Crippen LogP contribution in [0.3, 0.4) is 0 Å². The Hall–Kier alpha value is -2.41. The molecule has 0 saturated carbocycles. The minimum Gasteiger partial charge on any atom is -0.207 e. The van der Waals surface area contributed by atoms with Crippen molar-refractivity contribution in [3.63, 3.8) is 0 Å². The summed E-state index contributed by atoms with van der Waals surface area (Å²) in [6.07, 6.45) is 1.03. The van der Waals surface area contributed by atoms with Crippen LogP contribution in [0.4, 0.5) is 4.39 Å². The van der Waals surface area contributed by atoms with Gasteiger partial charge in [0, 0.05) is 0 Å². The lowest BCUT2D eigenvalue weighted by Crippen LogP contribution is -1.87. The number of halogens is 1.